The maximum atomic E-state index is 14.0. The molecule has 0 unspecified atom stereocenters. The van der Waals surface area contributed by atoms with Gasteiger partial charge in [-0.05, 0) is 67.7 Å². The predicted octanol–water partition coefficient (Wildman–Crippen LogP) is 1.85. The van der Waals surface area contributed by atoms with Gasteiger partial charge in [0.15, 0.2) is 11.4 Å². The van der Waals surface area contributed by atoms with Crippen molar-refractivity contribution in [1.29, 1.82) is 0 Å². The minimum Gasteiger partial charge on any atom is -0.508 e. The Balaban J connectivity index is 0.00000423. The number of aromatic hydroxyl groups is 1. The lowest BCUT2D eigenvalue weighted by Gasteiger charge is -2.50. The normalized spacial score (nSPS) is 24.6. The molecule has 2 aromatic carbocycles. The number of phenolic OH excluding ortho intramolecular Hbond substituents is 1. The van der Waals surface area contributed by atoms with Crippen LogP contribution in [0.2, 0.25) is 0 Å². The molecule has 0 radical (unpaired) electrons. The van der Waals surface area contributed by atoms with Crippen LogP contribution in [0.15, 0.2) is 53.3 Å². The lowest BCUT2D eigenvalue weighted by Crippen LogP contribution is -2.65. The molecule has 228 valence electrons. The number of methoxy groups -OCH3 is 1. The Morgan fingerprint density at radius 2 is 1.74 bits per heavy atom. The number of primary amides is 1. The number of carbonyl (C=O) groups is 4. The molecule has 4 atom stereocenters. The van der Waals surface area contributed by atoms with E-state index in [4.69, 9.17) is 10.5 Å². The summed E-state index contributed by atoms with van der Waals surface area (Å²) in [5.41, 5.74) is 4.02. The second-order valence-corrected chi connectivity index (χ2v) is 11.0. The molecule has 2 aromatic rings. The van der Waals surface area contributed by atoms with Crippen molar-refractivity contribution in [2.75, 3.05) is 33.1 Å². The summed E-state index contributed by atoms with van der Waals surface area (Å²) in [6.45, 7) is -0.102. The summed E-state index contributed by atoms with van der Waals surface area (Å²) < 4.78 is 4.83. The molecule has 1 fully saturated rings. The van der Waals surface area contributed by atoms with Gasteiger partial charge in [-0.2, -0.15) is 0 Å². The highest BCUT2D eigenvalue weighted by Gasteiger charge is 2.64. The maximum Gasteiger partial charge on any atom is 0.255 e. The molecule has 0 bridgehead atoms. The van der Waals surface area contributed by atoms with Gasteiger partial charge in [0.2, 0.25) is 11.7 Å². The van der Waals surface area contributed by atoms with Gasteiger partial charge in [-0.3, -0.25) is 24.1 Å². The summed E-state index contributed by atoms with van der Waals surface area (Å²) in [5.74, 6) is -7.33. The molecule has 7 N–H and O–H groups in total. The third kappa shape index (κ3) is 4.77. The summed E-state index contributed by atoms with van der Waals surface area (Å²) in [5, 5.41) is 47.6. The SMILES string of the molecule is C.COCC(=O)Nc1ccc(-c2ccc(O)c3c2C[C@H]2C[C@H]4[C@H](N(C)C)C(=O)C(C(N)=O)=C(O)[C@@]4(O)C(=O)C2=C3O)cc1. The quantitative estimate of drug-likeness (QED) is 0.269. The van der Waals surface area contributed by atoms with Crippen molar-refractivity contribution in [2.45, 2.75) is 31.9 Å². The van der Waals surface area contributed by atoms with E-state index in [1.807, 2.05) is 0 Å². The zero-order chi connectivity index (χ0) is 30.7. The van der Waals surface area contributed by atoms with E-state index in [-0.39, 0.29) is 49.7 Å². The van der Waals surface area contributed by atoms with Gasteiger partial charge in [0.25, 0.3) is 5.91 Å². The van der Waals surface area contributed by atoms with Crippen LogP contribution in [0, 0.1) is 11.8 Å². The molecular formula is C31H35N3O9. The number of likely N-dealkylation sites (N-methyl/N-ethyl adjacent to an activating group) is 1. The van der Waals surface area contributed by atoms with Gasteiger partial charge in [0.05, 0.1) is 11.6 Å². The predicted molar refractivity (Wildman–Crippen MR) is 157 cm³/mol. The molecule has 5 rings (SSSR count). The number of fused-ring (bicyclic) bond motifs is 3. The fraction of sp³-hybridized carbons (Fsp3) is 0.355. The zero-order valence-corrected chi connectivity index (χ0v) is 23.2. The number of nitrogens with zero attached hydrogens (tertiary/aromatic N) is 1. The minimum absolute atomic E-state index is 0. The number of nitrogens with two attached hydrogens (primary N) is 1. The van der Waals surface area contributed by atoms with Crippen LogP contribution >= 0.6 is 0 Å². The first kappa shape index (κ1) is 31.4. The molecule has 12 heteroatoms. The van der Waals surface area contributed by atoms with Crippen molar-refractivity contribution >= 4 is 34.8 Å². The molecule has 43 heavy (non-hydrogen) atoms. The van der Waals surface area contributed by atoms with Crippen LogP contribution in [-0.2, 0) is 30.3 Å². The average molecular weight is 594 g/mol. The van der Waals surface area contributed by atoms with Gasteiger partial charge in [-0.15, -0.1) is 0 Å². The summed E-state index contributed by atoms with van der Waals surface area (Å²) >= 11 is 0. The summed E-state index contributed by atoms with van der Waals surface area (Å²) in [4.78, 5) is 52.6. The first-order valence-electron chi connectivity index (χ1n) is 13.2. The molecule has 0 aromatic heterocycles. The second-order valence-electron chi connectivity index (χ2n) is 11.0. The summed E-state index contributed by atoms with van der Waals surface area (Å²) in [7, 11) is 4.51. The number of benzene rings is 2. The molecule has 3 aliphatic rings. The number of ether oxygens (including phenoxy) is 1. The van der Waals surface area contributed by atoms with E-state index < -0.39 is 58.0 Å². The lowest BCUT2D eigenvalue weighted by molar-refractivity contribution is -0.153. The number of hydrogen-bond acceptors (Lipinski definition) is 10. The third-order valence-corrected chi connectivity index (χ3v) is 8.36. The Bertz CT molecular complexity index is 1590. The number of nitrogens with one attached hydrogen (secondary N) is 1. The Hall–Kier alpha value is -4.52. The van der Waals surface area contributed by atoms with Crippen LogP contribution in [0.25, 0.3) is 16.9 Å². The minimum atomic E-state index is -2.69. The number of hydrogen-bond donors (Lipinski definition) is 6. The molecule has 0 aliphatic heterocycles. The number of phenols is 1. The monoisotopic (exact) mass is 593 g/mol. The Kier molecular flexibility index (Phi) is 8.25. The number of anilines is 1. The molecule has 3 aliphatic carbocycles. The van der Waals surface area contributed by atoms with Gasteiger partial charge in [-0.25, -0.2) is 0 Å². The maximum absolute atomic E-state index is 14.0. The number of carbonyl (C=O) groups excluding carboxylic acids is 4. The molecule has 12 nitrogen and oxygen atoms in total. The van der Waals surface area contributed by atoms with E-state index in [1.54, 1.807) is 44.4 Å². The van der Waals surface area contributed by atoms with Crippen LogP contribution in [0.1, 0.15) is 25.0 Å². The van der Waals surface area contributed by atoms with Crippen LogP contribution in [0.5, 0.6) is 5.75 Å². The Morgan fingerprint density at radius 1 is 1.09 bits per heavy atom. The van der Waals surface area contributed by atoms with Crippen LogP contribution in [0.4, 0.5) is 5.69 Å². The van der Waals surface area contributed by atoms with Gasteiger partial charge in [-0.1, -0.05) is 25.6 Å². The van der Waals surface area contributed by atoms with Gasteiger partial charge < -0.3 is 36.2 Å². The summed E-state index contributed by atoms with van der Waals surface area (Å²) in [6.07, 6.45) is 0.149. The van der Waals surface area contributed by atoms with Gasteiger partial charge in [0.1, 0.15) is 29.4 Å². The zero-order valence-electron chi connectivity index (χ0n) is 23.2. The highest BCUT2D eigenvalue weighted by atomic mass is 16.5. The largest absolute Gasteiger partial charge is 0.508 e. The molecule has 1 saturated carbocycles. The van der Waals surface area contributed by atoms with Crippen molar-refractivity contribution in [3.63, 3.8) is 0 Å². The Morgan fingerprint density at radius 3 is 2.33 bits per heavy atom. The standard InChI is InChI=1S/C30H31N3O9.CH4/c1-33(2)24-18-11-14-10-17-16(13-4-6-15(7-5-13)32-20(35)12-42-3)8-9-19(34)22(17)25(36)21(14)27(38)30(18,41)28(39)23(26(24)37)29(31)40;/h4-9,14,18,24,34,36,39,41H,10-12H2,1-3H3,(H2,31,40)(H,32,35);1H4/t14-,18-,24-,30-;/m0./s1. The number of ketones is 2. The number of rotatable bonds is 6. The van der Waals surface area contributed by atoms with E-state index in [1.165, 1.54) is 18.1 Å². The number of aliphatic hydroxyl groups excluding tert-OH is 2. The smallest absolute Gasteiger partial charge is 0.255 e. The number of aliphatic hydroxyl groups is 3. The fourth-order valence-electron chi connectivity index (χ4n) is 6.58. The van der Waals surface area contributed by atoms with Crippen LogP contribution in [0.3, 0.4) is 0 Å². The van der Waals surface area contributed by atoms with Gasteiger partial charge >= 0.3 is 0 Å². The highest BCUT2D eigenvalue weighted by molar-refractivity contribution is 6.24. The molecule has 0 spiro atoms. The molecule has 0 saturated heterocycles. The van der Waals surface area contributed by atoms with E-state index >= 15 is 0 Å². The van der Waals surface area contributed by atoms with Crippen molar-refractivity contribution in [3.8, 4) is 16.9 Å². The Labute approximate surface area is 248 Å². The first-order valence-corrected chi connectivity index (χ1v) is 13.2. The topological polar surface area (TPSA) is 200 Å². The molecule has 2 amide bonds. The van der Waals surface area contributed by atoms with Crippen LogP contribution in [-0.4, -0.2) is 88.2 Å². The molecular weight excluding hydrogens is 558 g/mol. The van der Waals surface area contributed by atoms with E-state index in [0.29, 0.717) is 22.4 Å². The first-order chi connectivity index (χ1) is 19.8. The third-order valence-electron chi connectivity index (χ3n) is 8.36. The summed E-state index contributed by atoms with van der Waals surface area (Å²) in [6, 6.07) is 8.78. The van der Waals surface area contributed by atoms with Crippen molar-refractivity contribution in [2.24, 2.45) is 17.6 Å². The number of amides is 2. The highest BCUT2D eigenvalue weighted by Crippen LogP contribution is 2.53. The van der Waals surface area contributed by atoms with Crippen molar-refractivity contribution in [3.05, 3.63) is 64.4 Å². The fourth-order valence-corrected chi connectivity index (χ4v) is 6.58. The van der Waals surface area contributed by atoms with E-state index in [0.717, 1.165) is 0 Å². The van der Waals surface area contributed by atoms with Crippen molar-refractivity contribution < 1.29 is 44.3 Å². The molecule has 0 heterocycles. The van der Waals surface area contributed by atoms with E-state index in [9.17, 15) is 39.6 Å². The van der Waals surface area contributed by atoms with Crippen molar-refractivity contribution in [1.82, 2.24) is 4.90 Å². The lowest BCUT2D eigenvalue weighted by atomic mass is 9.57. The second kappa shape index (κ2) is 11.3. The van der Waals surface area contributed by atoms with E-state index in [2.05, 4.69) is 5.32 Å². The van der Waals surface area contributed by atoms with Crippen LogP contribution < -0.4 is 11.1 Å². The van der Waals surface area contributed by atoms with Gasteiger partial charge in [0, 0.05) is 24.3 Å². The number of Topliss-reactive ketones (excluding diaryl/α,β-unsaturated/α-hetero) is 2. The average Bonchev–Trinajstić information content (AvgIpc) is 2.91.